The molecule has 0 saturated heterocycles. The molecule has 0 fully saturated rings. The van der Waals surface area contributed by atoms with Gasteiger partial charge in [0.15, 0.2) is 0 Å². The summed E-state index contributed by atoms with van der Waals surface area (Å²) < 4.78 is 23.0. The number of benzene rings is 3. The molecule has 190 valence electrons. The van der Waals surface area contributed by atoms with Crippen LogP contribution in [0.3, 0.4) is 0 Å². The summed E-state index contributed by atoms with van der Waals surface area (Å²) in [6, 6.07) is 27.2. The number of hydrogen-bond donors (Lipinski definition) is 1. The molecule has 0 amide bonds. The first-order chi connectivity index (χ1) is 18.6. The molecule has 7 nitrogen and oxygen atoms in total. The van der Waals surface area contributed by atoms with Crippen LogP contribution in [0.15, 0.2) is 95.8 Å². The van der Waals surface area contributed by atoms with E-state index in [-0.39, 0.29) is 17.4 Å². The molecule has 0 aliphatic carbocycles. The standard InChI is InChI=1S/C30H26FN5O2/c1-20-7-5-6-10-26(20)36-27(37)16-15-25(33-36)28-29(22-11-13-23(31)14-12-22)34-35-17-24(32-30(28)35)19-38-18-21-8-3-2-4-9-21/h2-16,24,32H,17-19H2,1H3/t24-/m0/s1. The second kappa shape index (κ2) is 10.1. The fourth-order valence-corrected chi connectivity index (χ4v) is 4.75. The summed E-state index contributed by atoms with van der Waals surface area (Å²) in [7, 11) is 0. The van der Waals surface area contributed by atoms with Crippen molar-refractivity contribution in [2.45, 2.75) is 26.1 Å². The minimum Gasteiger partial charge on any atom is -0.375 e. The van der Waals surface area contributed by atoms with Gasteiger partial charge in [-0.25, -0.2) is 9.07 Å². The second-order valence-electron chi connectivity index (χ2n) is 9.36. The Bertz CT molecular complexity index is 1640. The van der Waals surface area contributed by atoms with Crippen LogP contribution in [0.1, 0.15) is 11.1 Å². The molecule has 38 heavy (non-hydrogen) atoms. The molecule has 3 heterocycles. The van der Waals surface area contributed by atoms with Crippen molar-refractivity contribution in [3.05, 3.63) is 118 Å². The van der Waals surface area contributed by atoms with E-state index in [9.17, 15) is 9.18 Å². The number of nitrogens with zero attached hydrogens (tertiary/aromatic N) is 4. The van der Waals surface area contributed by atoms with Crippen LogP contribution in [0.5, 0.6) is 0 Å². The highest BCUT2D eigenvalue weighted by molar-refractivity contribution is 5.88. The number of hydrogen-bond acceptors (Lipinski definition) is 5. The summed E-state index contributed by atoms with van der Waals surface area (Å²) in [5.41, 5.74) is 5.31. The third-order valence-electron chi connectivity index (χ3n) is 6.63. The molecule has 2 aromatic heterocycles. The molecule has 0 radical (unpaired) electrons. The maximum atomic E-state index is 13.7. The largest absolute Gasteiger partial charge is 0.375 e. The molecule has 3 aromatic carbocycles. The molecule has 1 aliphatic heterocycles. The Kier molecular flexibility index (Phi) is 6.31. The van der Waals surface area contributed by atoms with Crippen LogP contribution in [0.2, 0.25) is 0 Å². The summed E-state index contributed by atoms with van der Waals surface area (Å²) >= 11 is 0. The SMILES string of the molecule is Cc1ccccc1-n1nc(-c2c(-c3ccc(F)cc3)nn3c2N[C@H](COCc2ccccc2)C3)ccc1=O. The highest BCUT2D eigenvalue weighted by Crippen LogP contribution is 2.39. The molecular weight excluding hydrogens is 481 g/mol. The summed E-state index contributed by atoms with van der Waals surface area (Å²) in [4.78, 5) is 12.8. The molecule has 0 unspecified atom stereocenters. The smallest absolute Gasteiger partial charge is 0.271 e. The number of rotatable bonds is 7. The number of halogens is 1. The lowest BCUT2D eigenvalue weighted by Crippen LogP contribution is -2.24. The van der Waals surface area contributed by atoms with E-state index in [4.69, 9.17) is 14.9 Å². The van der Waals surface area contributed by atoms with Gasteiger partial charge in [0.1, 0.15) is 17.3 Å². The van der Waals surface area contributed by atoms with E-state index >= 15 is 0 Å². The third kappa shape index (κ3) is 4.62. The highest BCUT2D eigenvalue weighted by Gasteiger charge is 2.30. The van der Waals surface area contributed by atoms with Crippen molar-refractivity contribution in [2.24, 2.45) is 0 Å². The van der Waals surface area contributed by atoms with Gasteiger partial charge in [0.05, 0.1) is 42.7 Å². The zero-order valence-corrected chi connectivity index (χ0v) is 20.8. The number of para-hydroxylation sites is 1. The van der Waals surface area contributed by atoms with Crippen LogP contribution in [0, 0.1) is 12.7 Å². The van der Waals surface area contributed by atoms with Gasteiger partial charge in [-0.1, -0.05) is 48.5 Å². The van der Waals surface area contributed by atoms with Gasteiger partial charge < -0.3 is 10.1 Å². The van der Waals surface area contributed by atoms with Crippen molar-refractivity contribution in [3.8, 4) is 28.2 Å². The summed E-state index contributed by atoms with van der Waals surface area (Å²) in [6.07, 6.45) is 0. The van der Waals surface area contributed by atoms with E-state index in [0.29, 0.717) is 36.8 Å². The fraction of sp³-hybridized carbons (Fsp3) is 0.167. The zero-order chi connectivity index (χ0) is 26.1. The Labute approximate surface area is 219 Å². The predicted molar refractivity (Wildman–Crippen MR) is 145 cm³/mol. The van der Waals surface area contributed by atoms with Crippen LogP contribution < -0.4 is 10.9 Å². The molecule has 5 aromatic rings. The van der Waals surface area contributed by atoms with Crippen molar-refractivity contribution < 1.29 is 9.13 Å². The van der Waals surface area contributed by atoms with Crippen LogP contribution in [-0.2, 0) is 17.9 Å². The maximum absolute atomic E-state index is 13.7. The Morgan fingerprint density at radius 3 is 2.50 bits per heavy atom. The van der Waals surface area contributed by atoms with E-state index in [0.717, 1.165) is 28.1 Å². The first-order valence-corrected chi connectivity index (χ1v) is 12.5. The molecule has 6 rings (SSSR count). The van der Waals surface area contributed by atoms with E-state index < -0.39 is 0 Å². The average molecular weight is 508 g/mol. The lowest BCUT2D eigenvalue weighted by molar-refractivity contribution is 0.110. The molecule has 0 saturated carbocycles. The van der Waals surface area contributed by atoms with Gasteiger partial charge in [-0.05, 0) is 54.4 Å². The zero-order valence-electron chi connectivity index (χ0n) is 20.8. The number of anilines is 1. The predicted octanol–water partition coefficient (Wildman–Crippen LogP) is 5.22. The van der Waals surface area contributed by atoms with Gasteiger partial charge in [0.25, 0.3) is 5.56 Å². The van der Waals surface area contributed by atoms with Crippen molar-refractivity contribution in [1.29, 1.82) is 0 Å². The van der Waals surface area contributed by atoms with Crippen molar-refractivity contribution in [3.63, 3.8) is 0 Å². The first kappa shape index (κ1) is 23.8. The maximum Gasteiger partial charge on any atom is 0.271 e. The monoisotopic (exact) mass is 507 g/mol. The van der Waals surface area contributed by atoms with Crippen molar-refractivity contribution >= 4 is 5.82 Å². The summed E-state index contributed by atoms with van der Waals surface area (Å²) in [5, 5.41) is 13.2. The van der Waals surface area contributed by atoms with Crippen LogP contribution >= 0.6 is 0 Å². The minimum atomic E-state index is -0.318. The molecular formula is C30H26FN5O2. The lowest BCUT2D eigenvalue weighted by Gasteiger charge is -2.14. The van der Waals surface area contributed by atoms with Crippen LogP contribution in [-0.4, -0.2) is 32.2 Å². The Morgan fingerprint density at radius 1 is 0.947 bits per heavy atom. The van der Waals surface area contributed by atoms with E-state index in [1.165, 1.54) is 22.9 Å². The van der Waals surface area contributed by atoms with Crippen molar-refractivity contribution in [2.75, 3.05) is 11.9 Å². The third-order valence-corrected chi connectivity index (χ3v) is 6.63. The Morgan fingerprint density at radius 2 is 1.71 bits per heavy atom. The number of ether oxygens (including phenoxy) is 1. The van der Waals surface area contributed by atoms with Crippen LogP contribution in [0.25, 0.3) is 28.2 Å². The summed E-state index contributed by atoms with van der Waals surface area (Å²) in [5.74, 6) is 0.474. The summed E-state index contributed by atoms with van der Waals surface area (Å²) in [6.45, 7) is 3.58. The molecule has 8 heteroatoms. The van der Waals surface area contributed by atoms with Crippen molar-refractivity contribution in [1.82, 2.24) is 19.6 Å². The van der Waals surface area contributed by atoms with Gasteiger partial charge in [0, 0.05) is 11.6 Å². The lowest BCUT2D eigenvalue weighted by atomic mass is 10.0. The van der Waals surface area contributed by atoms with Gasteiger partial charge in [-0.3, -0.25) is 4.79 Å². The molecule has 1 N–H and O–H groups in total. The van der Waals surface area contributed by atoms with E-state index in [1.54, 1.807) is 18.2 Å². The van der Waals surface area contributed by atoms with Gasteiger partial charge in [-0.2, -0.15) is 14.9 Å². The Balaban J connectivity index is 1.36. The average Bonchev–Trinajstić information content (AvgIpc) is 3.48. The molecule has 1 atom stereocenters. The quantitative estimate of drug-likeness (QED) is 0.327. The molecule has 1 aliphatic rings. The normalized spacial score (nSPS) is 14.3. The van der Waals surface area contributed by atoms with Gasteiger partial charge in [0.2, 0.25) is 0 Å². The molecule has 0 bridgehead atoms. The Hall–Kier alpha value is -4.56. The van der Waals surface area contributed by atoms with Crippen LogP contribution in [0.4, 0.5) is 10.2 Å². The number of aromatic nitrogens is 4. The highest BCUT2D eigenvalue weighted by atomic mass is 19.1. The fourth-order valence-electron chi connectivity index (χ4n) is 4.75. The number of fused-ring (bicyclic) bond motifs is 1. The first-order valence-electron chi connectivity index (χ1n) is 12.5. The van der Waals surface area contributed by atoms with E-state index in [2.05, 4.69) is 5.32 Å². The second-order valence-corrected chi connectivity index (χ2v) is 9.36. The van der Waals surface area contributed by atoms with Gasteiger partial charge >= 0.3 is 0 Å². The molecule has 0 spiro atoms. The number of aryl methyl sites for hydroxylation is 1. The minimum absolute atomic E-state index is 0.0181. The number of nitrogens with one attached hydrogen (secondary N) is 1. The topological polar surface area (TPSA) is 74.0 Å². The van der Waals surface area contributed by atoms with Gasteiger partial charge in [-0.15, -0.1) is 0 Å². The van der Waals surface area contributed by atoms with E-state index in [1.807, 2.05) is 66.2 Å².